The molecule has 2 aliphatic rings. The molecule has 1 aliphatic heterocycles. The Morgan fingerprint density at radius 3 is 1.95 bits per heavy atom. The van der Waals surface area contributed by atoms with Crippen molar-refractivity contribution >= 4 is 5.91 Å². The van der Waals surface area contributed by atoms with Crippen LogP contribution in [0.5, 0.6) is 0 Å². The molecule has 1 amide bonds. The van der Waals surface area contributed by atoms with Gasteiger partial charge in [0, 0.05) is 31.1 Å². The summed E-state index contributed by atoms with van der Waals surface area (Å²) in [7, 11) is 0. The fourth-order valence-corrected chi connectivity index (χ4v) is 3.98. The largest absolute Gasteiger partial charge is 0.334 e. The lowest BCUT2D eigenvalue weighted by molar-refractivity contribution is -0.142. The predicted molar refractivity (Wildman–Crippen MR) is 83.5 cm³/mol. The highest BCUT2D eigenvalue weighted by molar-refractivity contribution is 5.79. The molecule has 116 valence electrons. The minimum absolute atomic E-state index is 0.275. The molecule has 2 fully saturated rings. The minimum atomic E-state index is 0.275. The van der Waals surface area contributed by atoms with Crippen molar-refractivity contribution in [1.82, 2.24) is 10.2 Å². The molecule has 20 heavy (non-hydrogen) atoms. The van der Waals surface area contributed by atoms with E-state index in [1.54, 1.807) is 0 Å². The number of rotatable bonds is 1. The lowest BCUT2D eigenvalue weighted by Gasteiger charge is -2.43. The van der Waals surface area contributed by atoms with Gasteiger partial charge in [-0.1, -0.05) is 20.8 Å². The van der Waals surface area contributed by atoms with Gasteiger partial charge in [-0.05, 0) is 50.9 Å². The highest BCUT2D eigenvalue weighted by Gasteiger charge is 2.37. The van der Waals surface area contributed by atoms with Crippen molar-refractivity contribution in [2.24, 2.45) is 17.3 Å². The molecule has 0 radical (unpaired) electrons. The van der Waals surface area contributed by atoms with Crippen molar-refractivity contribution < 1.29 is 4.79 Å². The number of amides is 1. The van der Waals surface area contributed by atoms with Crippen LogP contribution in [0.1, 0.15) is 60.3 Å². The monoisotopic (exact) mass is 280 g/mol. The Bertz CT molecular complexity index is 329. The highest BCUT2D eigenvalue weighted by Crippen LogP contribution is 2.40. The van der Waals surface area contributed by atoms with E-state index < -0.39 is 0 Å². The molecule has 3 heteroatoms. The molecule has 0 aromatic carbocycles. The van der Waals surface area contributed by atoms with Gasteiger partial charge < -0.3 is 10.2 Å². The van der Waals surface area contributed by atoms with Crippen LogP contribution in [0, 0.1) is 17.3 Å². The average molecular weight is 280 g/mol. The Kier molecular flexibility index (Phi) is 4.78. The van der Waals surface area contributed by atoms with Gasteiger partial charge in [0.15, 0.2) is 0 Å². The summed E-state index contributed by atoms with van der Waals surface area (Å²) in [6.07, 6.45) is 4.61. The molecular weight excluding hydrogens is 248 g/mol. The molecule has 0 aromatic rings. The fourth-order valence-electron chi connectivity index (χ4n) is 3.98. The SMILES string of the molecule is CC1CNCC(C)N1C(=O)C1CCC(C(C)(C)C)CC1. The van der Waals surface area contributed by atoms with E-state index in [1.165, 1.54) is 12.8 Å². The smallest absolute Gasteiger partial charge is 0.226 e. The molecule has 1 saturated carbocycles. The molecule has 0 aromatic heterocycles. The Labute approximate surface area is 124 Å². The molecule has 1 saturated heterocycles. The normalized spacial score (nSPS) is 36.0. The first-order chi connectivity index (χ1) is 9.30. The maximum atomic E-state index is 12.8. The van der Waals surface area contributed by atoms with Crippen LogP contribution < -0.4 is 5.32 Å². The van der Waals surface area contributed by atoms with Gasteiger partial charge in [0.05, 0.1) is 0 Å². The zero-order valence-electron chi connectivity index (χ0n) is 13.9. The molecule has 2 rings (SSSR count). The number of hydrogen-bond donors (Lipinski definition) is 1. The summed E-state index contributed by atoms with van der Waals surface area (Å²) in [4.78, 5) is 15.0. The van der Waals surface area contributed by atoms with E-state index >= 15 is 0 Å². The second-order valence-corrected chi connectivity index (χ2v) is 8.02. The maximum Gasteiger partial charge on any atom is 0.226 e. The van der Waals surface area contributed by atoms with Crippen LogP contribution in [0.25, 0.3) is 0 Å². The Balaban J connectivity index is 1.94. The molecule has 0 spiro atoms. The van der Waals surface area contributed by atoms with E-state index in [2.05, 4.69) is 44.8 Å². The van der Waals surface area contributed by atoms with Crippen molar-refractivity contribution in [3.8, 4) is 0 Å². The zero-order valence-corrected chi connectivity index (χ0v) is 13.9. The van der Waals surface area contributed by atoms with Gasteiger partial charge in [-0.25, -0.2) is 0 Å². The van der Waals surface area contributed by atoms with Crippen LogP contribution in [-0.4, -0.2) is 36.0 Å². The standard InChI is InChI=1S/C17H32N2O/c1-12-10-18-11-13(2)19(12)16(20)14-6-8-15(9-7-14)17(3,4)5/h12-15,18H,6-11H2,1-5H3. The number of carbonyl (C=O) groups is 1. The molecule has 3 nitrogen and oxygen atoms in total. The van der Waals surface area contributed by atoms with Gasteiger partial charge in [0.25, 0.3) is 0 Å². The second kappa shape index (κ2) is 6.05. The van der Waals surface area contributed by atoms with Crippen LogP contribution in [0.3, 0.4) is 0 Å². The number of nitrogens with zero attached hydrogens (tertiary/aromatic N) is 1. The Hall–Kier alpha value is -0.570. The maximum absolute atomic E-state index is 12.8. The van der Waals surface area contributed by atoms with E-state index in [-0.39, 0.29) is 5.92 Å². The molecule has 0 bridgehead atoms. The fraction of sp³-hybridized carbons (Fsp3) is 0.941. The summed E-state index contributed by atoms with van der Waals surface area (Å²) in [5, 5.41) is 3.41. The zero-order chi connectivity index (χ0) is 14.9. The first kappa shape index (κ1) is 15.8. The van der Waals surface area contributed by atoms with Crippen LogP contribution >= 0.6 is 0 Å². The van der Waals surface area contributed by atoms with Crippen molar-refractivity contribution in [2.75, 3.05) is 13.1 Å². The quantitative estimate of drug-likeness (QED) is 0.800. The summed E-state index contributed by atoms with van der Waals surface area (Å²) in [5.41, 5.74) is 0.393. The number of carbonyl (C=O) groups excluding carboxylic acids is 1. The lowest BCUT2D eigenvalue weighted by atomic mass is 9.69. The Morgan fingerprint density at radius 2 is 1.50 bits per heavy atom. The summed E-state index contributed by atoms with van der Waals surface area (Å²) in [6.45, 7) is 13.2. The molecular formula is C17H32N2O. The van der Waals surface area contributed by atoms with Gasteiger partial charge >= 0.3 is 0 Å². The first-order valence-corrected chi connectivity index (χ1v) is 8.33. The predicted octanol–water partition coefficient (Wildman–Crippen LogP) is 3.05. The van der Waals surface area contributed by atoms with Gasteiger partial charge in [-0.3, -0.25) is 4.79 Å². The van der Waals surface area contributed by atoms with Crippen LogP contribution in [0.15, 0.2) is 0 Å². The third-order valence-corrected chi connectivity index (χ3v) is 5.38. The lowest BCUT2D eigenvalue weighted by Crippen LogP contribution is -2.58. The molecule has 1 N–H and O–H groups in total. The third kappa shape index (κ3) is 3.36. The first-order valence-electron chi connectivity index (χ1n) is 8.33. The molecule has 1 aliphatic carbocycles. The van der Waals surface area contributed by atoms with Crippen LogP contribution in [0.2, 0.25) is 0 Å². The van der Waals surface area contributed by atoms with E-state index in [1.807, 2.05) is 0 Å². The van der Waals surface area contributed by atoms with E-state index in [9.17, 15) is 4.79 Å². The van der Waals surface area contributed by atoms with Gasteiger partial charge in [0.2, 0.25) is 5.91 Å². The Morgan fingerprint density at radius 1 is 1.00 bits per heavy atom. The molecule has 1 heterocycles. The molecule has 2 atom stereocenters. The summed E-state index contributed by atoms with van der Waals surface area (Å²) in [5.74, 6) is 1.47. The average Bonchev–Trinajstić information content (AvgIpc) is 2.37. The van der Waals surface area contributed by atoms with E-state index in [4.69, 9.17) is 0 Å². The second-order valence-electron chi connectivity index (χ2n) is 8.02. The number of hydrogen-bond acceptors (Lipinski definition) is 2. The van der Waals surface area contributed by atoms with Crippen molar-refractivity contribution in [2.45, 2.75) is 72.4 Å². The van der Waals surface area contributed by atoms with Crippen molar-refractivity contribution in [3.05, 3.63) is 0 Å². The summed E-state index contributed by atoms with van der Waals surface area (Å²) >= 11 is 0. The van der Waals surface area contributed by atoms with Crippen molar-refractivity contribution in [3.63, 3.8) is 0 Å². The summed E-state index contributed by atoms with van der Waals surface area (Å²) in [6, 6.07) is 0.679. The van der Waals surface area contributed by atoms with E-state index in [0.717, 1.165) is 31.8 Å². The van der Waals surface area contributed by atoms with Crippen LogP contribution in [-0.2, 0) is 4.79 Å². The van der Waals surface area contributed by atoms with Crippen molar-refractivity contribution in [1.29, 1.82) is 0 Å². The van der Waals surface area contributed by atoms with Gasteiger partial charge in [0.1, 0.15) is 0 Å². The number of nitrogens with one attached hydrogen (secondary N) is 1. The van der Waals surface area contributed by atoms with E-state index in [0.29, 0.717) is 23.4 Å². The third-order valence-electron chi connectivity index (χ3n) is 5.38. The number of piperazine rings is 1. The minimum Gasteiger partial charge on any atom is -0.334 e. The highest BCUT2D eigenvalue weighted by atomic mass is 16.2. The summed E-state index contributed by atoms with van der Waals surface area (Å²) < 4.78 is 0. The van der Waals surface area contributed by atoms with Crippen LogP contribution in [0.4, 0.5) is 0 Å². The van der Waals surface area contributed by atoms with Gasteiger partial charge in [-0.2, -0.15) is 0 Å². The molecule has 2 unspecified atom stereocenters. The van der Waals surface area contributed by atoms with Gasteiger partial charge in [-0.15, -0.1) is 0 Å². The topological polar surface area (TPSA) is 32.3 Å².